The summed E-state index contributed by atoms with van der Waals surface area (Å²) in [5.74, 6) is 0.995. The fraction of sp³-hybridized carbons (Fsp3) is 0.400. The van der Waals surface area contributed by atoms with Crippen molar-refractivity contribution in [2.75, 3.05) is 7.05 Å². The van der Waals surface area contributed by atoms with E-state index in [0.29, 0.717) is 6.54 Å². The predicted octanol–water partition coefficient (Wildman–Crippen LogP) is 1.97. The van der Waals surface area contributed by atoms with E-state index in [2.05, 4.69) is 9.88 Å². The lowest BCUT2D eigenvalue weighted by Crippen LogP contribution is -2.34. The molecule has 2 unspecified atom stereocenters. The molecular weight excluding hydrogens is 238 g/mol. The highest BCUT2D eigenvalue weighted by atomic mass is 16.3. The standard InChI is InChI=1S/C15H21N3O/c1-12(15(19)13-7-5-4-6-8-13)18(3)11-14-16-9-10-17(14)2/h4-10,12,15,19H,11H2,1-3H3. The van der Waals surface area contributed by atoms with Gasteiger partial charge in [0.25, 0.3) is 0 Å². The molecule has 0 aliphatic heterocycles. The number of aryl methyl sites for hydroxylation is 1. The molecule has 0 aliphatic carbocycles. The second-order valence-corrected chi connectivity index (χ2v) is 4.97. The quantitative estimate of drug-likeness (QED) is 0.892. The Morgan fingerprint density at radius 2 is 2.00 bits per heavy atom. The van der Waals surface area contributed by atoms with Crippen molar-refractivity contribution in [2.45, 2.75) is 25.6 Å². The van der Waals surface area contributed by atoms with E-state index in [0.717, 1.165) is 11.4 Å². The van der Waals surface area contributed by atoms with Crippen molar-refractivity contribution in [3.8, 4) is 0 Å². The minimum Gasteiger partial charge on any atom is -0.387 e. The second-order valence-electron chi connectivity index (χ2n) is 4.97. The van der Waals surface area contributed by atoms with E-state index >= 15 is 0 Å². The molecule has 0 amide bonds. The van der Waals surface area contributed by atoms with Crippen LogP contribution in [0.4, 0.5) is 0 Å². The number of hydrogen-bond donors (Lipinski definition) is 1. The summed E-state index contributed by atoms with van der Waals surface area (Å²) in [6, 6.07) is 9.79. The van der Waals surface area contributed by atoms with E-state index in [9.17, 15) is 5.11 Å². The van der Waals surface area contributed by atoms with E-state index in [1.54, 1.807) is 6.20 Å². The van der Waals surface area contributed by atoms with Gasteiger partial charge in [0.15, 0.2) is 0 Å². The van der Waals surface area contributed by atoms with E-state index < -0.39 is 6.10 Å². The number of imidazole rings is 1. The van der Waals surface area contributed by atoms with Gasteiger partial charge in [-0.15, -0.1) is 0 Å². The lowest BCUT2D eigenvalue weighted by Gasteiger charge is -2.28. The SMILES string of the molecule is CC(C(O)c1ccccc1)N(C)Cc1nccn1C. The van der Waals surface area contributed by atoms with E-state index in [4.69, 9.17) is 0 Å². The molecule has 0 aliphatic rings. The maximum absolute atomic E-state index is 10.4. The summed E-state index contributed by atoms with van der Waals surface area (Å²) >= 11 is 0. The second kappa shape index (κ2) is 5.99. The summed E-state index contributed by atoms with van der Waals surface area (Å²) in [4.78, 5) is 6.42. The molecule has 0 radical (unpaired) electrons. The largest absolute Gasteiger partial charge is 0.387 e. The normalized spacial score (nSPS) is 14.6. The van der Waals surface area contributed by atoms with Crippen molar-refractivity contribution in [2.24, 2.45) is 7.05 Å². The number of nitrogens with zero attached hydrogens (tertiary/aromatic N) is 3. The Labute approximate surface area is 114 Å². The van der Waals surface area contributed by atoms with Crippen LogP contribution in [0.2, 0.25) is 0 Å². The smallest absolute Gasteiger partial charge is 0.122 e. The Hall–Kier alpha value is -1.65. The average Bonchev–Trinajstić information content (AvgIpc) is 2.83. The van der Waals surface area contributed by atoms with Gasteiger partial charge in [-0.25, -0.2) is 4.98 Å². The Balaban J connectivity index is 2.03. The van der Waals surface area contributed by atoms with Crippen LogP contribution in [0.5, 0.6) is 0 Å². The summed E-state index contributed by atoms with van der Waals surface area (Å²) in [6.07, 6.45) is 3.23. The molecule has 0 saturated heterocycles. The highest BCUT2D eigenvalue weighted by molar-refractivity contribution is 5.18. The summed E-state index contributed by atoms with van der Waals surface area (Å²) in [6.45, 7) is 2.75. The molecule has 0 spiro atoms. The molecule has 1 aromatic heterocycles. The van der Waals surface area contributed by atoms with Crippen LogP contribution in [0.15, 0.2) is 42.7 Å². The number of aliphatic hydroxyl groups is 1. The highest BCUT2D eigenvalue weighted by Crippen LogP contribution is 2.20. The molecule has 4 nitrogen and oxygen atoms in total. The van der Waals surface area contributed by atoms with Gasteiger partial charge < -0.3 is 9.67 Å². The molecule has 19 heavy (non-hydrogen) atoms. The molecule has 1 N–H and O–H groups in total. The van der Waals surface area contributed by atoms with Crippen LogP contribution < -0.4 is 0 Å². The highest BCUT2D eigenvalue weighted by Gasteiger charge is 2.21. The van der Waals surface area contributed by atoms with Crippen molar-refractivity contribution in [1.29, 1.82) is 0 Å². The molecule has 0 saturated carbocycles. The summed E-state index contributed by atoms with van der Waals surface area (Å²) < 4.78 is 2.00. The van der Waals surface area contributed by atoms with E-state index in [-0.39, 0.29) is 6.04 Å². The van der Waals surface area contributed by atoms with E-state index in [1.165, 1.54) is 0 Å². The zero-order chi connectivity index (χ0) is 13.8. The molecule has 2 atom stereocenters. The third-order valence-corrected chi connectivity index (χ3v) is 3.61. The van der Waals surface area contributed by atoms with Gasteiger partial charge in [0, 0.05) is 25.5 Å². The number of hydrogen-bond acceptors (Lipinski definition) is 3. The Morgan fingerprint density at radius 1 is 1.32 bits per heavy atom. The number of aromatic nitrogens is 2. The minimum atomic E-state index is -0.494. The monoisotopic (exact) mass is 259 g/mol. The van der Waals surface area contributed by atoms with Crippen LogP contribution in [0.3, 0.4) is 0 Å². The molecule has 0 bridgehead atoms. The van der Waals surface area contributed by atoms with Gasteiger partial charge in [-0.05, 0) is 19.5 Å². The van der Waals surface area contributed by atoms with Crippen LogP contribution >= 0.6 is 0 Å². The third-order valence-electron chi connectivity index (χ3n) is 3.61. The van der Waals surface area contributed by atoms with Gasteiger partial charge in [-0.2, -0.15) is 0 Å². The topological polar surface area (TPSA) is 41.3 Å². The molecule has 102 valence electrons. The third kappa shape index (κ3) is 3.22. The molecule has 2 rings (SSSR count). The van der Waals surface area contributed by atoms with Gasteiger partial charge in [-0.3, -0.25) is 4.90 Å². The zero-order valence-electron chi connectivity index (χ0n) is 11.7. The molecule has 1 aromatic carbocycles. The first-order valence-corrected chi connectivity index (χ1v) is 6.49. The average molecular weight is 259 g/mol. The minimum absolute atomic E-state index is 0.0269. The Bertz CT molecular complexity index is 509. The van der Waals surface area contributed by atoms with Gasteiger partial charge in [0.1, 0.15) is 5.82 Å². The lowest BCUT2D eigenvalue weighted by atomic mass is 10.0. The lowest BCUT2D eigenvalue weighted by molar-refractivity contribution is 0.0671. The van der Waals surface area contributed by atoms with Crippen molar-refractivity contribution in [3.63, 3.8) is 0 Å². The van der Waals surface area contributed by atoms with Crippen molar-refractivity contribution < 1.29 is 5.11 Å². The summed E-state index contributed by atoms with van der Waals surface area (Å²) in [5, 5.41) is 10.4. The molecule has 4 heteroatoms. The molecule has 2 aromatic rings. The number of aliphatic hydroxyl groups excluding tert-OH is 1. The predicted molar refractivity (Wildman–Crippen MR) is 75.5 cm³/mol. The van der Waals surface area contributed by atoms with Crippen LogP contribution in [0.1, 0.15) is 24.4 Å². The first kappa shape index (κ1) is 13.8. The Morgan fingerprint density at radius 3 is 2.58 bits per heavy atom. The maximum Gasteiger partial charge on any atom is 0.122 e. The zero-order valence-corrected chi connectivity index (χ0v) is 11.7. The fourth-order valence-corrected chi connectivity index (χ4v) is 2.09. The van der Waals surface area contributed by atoms with Gasteiger partial charge in [0.2, 0.25) is 0 Å². The van der Waals surface area contributed by atoms with Gasteiger partial charge in [0.05, 0.1) is 12.6 Å². The Kier molecular flexibility index (Phi) is 4.35. The molecule has 1 heterocycles. The number of likely N-dealkylation sites (N-methyl/N-ethyl adjacent to an activating group) is 1. The van der Waals surface area contributed by atoms with Crippen LogP contribution in [0, 0.1) is 0 Å². The summed E-state index contributed by atoms with van der Waals surface area (Å²) in [5.41, 5.74) is 0.946. The van der Waals surface area contributed by atoms with Crippen molar-refractivity contribution in [3.05, 3.63) is 54.1 Å². The summed E-state index contributed by atoms with van der Waals surface area (Å²) in [7, 11) is 3.99. The van der Waals surface area contributed by atoms with Crippen LogP contribution in [-0.2, 0) is 13.6 Å². The van der Waals surface area contributed by atoms with Gasteiger partial charge >= 0.3 is 0 Å². The maximum atomic E-state index is 10.4. The fourth-order valence-electron chi connectivity index (χ4n) is 2.09. The van der Waals surface area contributed by atoms with Crippen LogP contribution in [-0.4, -0.2) is 32.6 Å². The first-order chi connectivity index (χ1) is 9.09. The van der Waals surface area contributed by atoms with Gasteiger partial charge in [-0.1, -0.05) is 30.3 Å². The molecular formula is C15H21N3O. The number of rotatable bonds is 5. The van der Waals surface area contributed by atoms with Crippen molar-refractivity contribution in [1.82, 2.24) is 14.5 Å². The van der Waals surface area contributed by atoms with E-state index in [1.807, 2.05) is 62.1 Å². The first-order valence-electron chi connectivity index (χ1n) is 6.49. The molecule has 0 fully saturated rings. The van der Waals surface area contributed by atoms with Crippen molar-refractivity contribution >= 4 is 0 Å². The van der Waals surface area contributed by atoms with Crippen LogP contribution in [0.25, 0.3) is 0 Å². The number of benzene rings is 1.